The zero-order valence-electron chi connectivity index (χ0n) is 33.6. The first-order valence-corrected chi connectivity index (χ1v) is 19.0. The first-order chi connectivity index (χ1) is 26.1. The van der Waals surface area contributed by atoms with Gasteiger partial charge in [0.1, 0.15) is 5.82 Å². The molecule has 0 aliphatic heterocycles. The summed E-state index contributed by atoms with van der Waals surface area (Å²) in [6, 6.07) is 47.6. The summed E-state index contributed by atoms with van der Waals surface area (Å²) in [4.78, 5) is 4.85. The number of hydrogen-bond donors (Lipinski definition) is 0. The Morgan fingerprint density at radius 1 is 0.607 bits per heavy atom. The first kappa shape index (κ1) is 39.0. The largest absolute Gasteiger partial charge is 0.510 e. The van der Waals surface area contributed by atoms with E-state index in [-0.39, 0.29) is 37.3 Å². The van der Waals surface area contributed by atoms with Gasteiger partial charge in [-0.1, -0.05) is 128 Å². The molecule has 3 aromatic heterocycles. The molecule has 8 rings (SSSR count). The number of benzene rings is 5. The van der Waals surface area contributed by atoms with Crippen LogP contribution in [0, 0.1) is 18.5 Å². The summed E-state index contributed by atoms with van der Waals surface area (Å²) in [6.07, 6.45) is 7.73. The van der Waals surface area contributed by atoms with Gasteiger partial charge in [0.25, 0.3) is 6.33 Å². The second-order valence-electron chi connectivity index (χ2n) is 17.5. The number of nitrogens with zero attached hydrogens (tertiary/aromatic N) is 4. The van der Waals surface area contributed by atoms with E-state index in [1.807, 2.05) is 22.9 Å². The molecule has 3 heterocycles. The molecule has 0 amide bonds. The van der Waals surface area contributed by atoms with Crippen molar-refractivity contribution in [1.29, 1.82) is 0 Å². The number of pyridine rings is 1. The number of hydrogen-bond acceptors (Lipinski definition) is 2. The Hall–Kier alpha value is -5.25. The van der Waals surface area contributed by atoms with Gasteiger partial charge in [0.05, 0.1) is 11.4 Å². The van der Waals surface area contributed by atoms with Gasteiger partial charge < -0.3 is 13.9 Å². The van der Waals surface area contributed by atoms with Gasteiger partial charge in [0, 0.05) is 50.5 Å². The van der Waals surface area contributed by atoms with Crippen molar-refractivity contribution in [2.24, 2.45) is 0 Å². The summed E-state index contributed by atoms with van der Waals surface area (Å²) >= 11 is 0. The van der Waals surface area contributed by atoms with Crippen molar-refractivity contribution in [3.63, 3.8) is 0 Å². The summed E-state index contributed by atoms with van der Waals surface area (Å²) in [7, 11) is 0. The summed E-state index contributed by atoms with van der Waals surface area (Å²) in [5.41, 5.74) is 9.45. The number of aromatic nitrogens is 4. The normalized spacial score (nSPS) is 12.2. The van der Waals surface area contributed by atoms with E-state index in [9.17, 15) is 0 Å². The van der Waals surface area contributed by atoms with Crippen molar-refractivity contribution in [2.75, 3.05) is 0 Å². The molecule has 0 saturated heterocycles. The summed E-state index contributed by atoms with van der Waals surface area (Å²) in [5.74, 6) is 2.08. The van der Waals surface area contributed by atoms with Crippen LogP contribution >= 0.6 is 0 Å². The molecule has 0 spiro atoms. The van der Waals surface area contributed by atoms with Crippen molar-refractivity contribution >= 4 is 21.8 Å². The average molecular weight is 916 g/mol. The number of fused-ring (bicyclic) bond motifs is 3. The van der Waals surface area contributed by atoms with Crippen molar-refractivity contribution in [3.8, 4) is 39.8 Å². The Kier molecular flexibility index (Phi) is 10.2. The third-order valence-electron chi connectivity index (χ3n) is 10.3. The zero-order valence-corrected chi connectivity index (χ0v) is 35.9. The molecule has 0 atom stereocenters. The topological polar surface area (TPSA) is 35.9 Å². The van der Waals surface area contributed by atoms with E-state index >= 15 is 0 Å². The average Bonchev–Trinajstić information content (AvgIpc) is 3.75. The van der Waals surface area contributed by atoms with Crippen LogP contribution in [0.25, 0.3) is 50.1 Å². The Labute approximate surface area is 345 Å². The van der Waals surface area contributed by atoms with Crippen LogP contribution in [0.1, 0.15) is 79.1 Å². The van der Waals surface area contributed by atoms with Gasteiger partial charge in [0.15, 0.2) is 0 Å². The summed E-state index contributed by atoms with van der Waals surface area (Å²) < 4.78 is 13.1. The fourth-order valence-electron chi connectivity index (χ4n) is 7.10. The van der Waals surface area contributed by atoms with Gasteiger partial charge in [0.2, 0.25) is 0 Å². The smallest absolute Gasteiger partial charge is 0.267 e. The molecule has 0 fully saturated rings. The first-order valence-electron chi connectivity index (χ1n) is 19.0. The Balaban J connectivity index is 0.00000480. The predicted octanol–water partition coefficient (Wildman–Crippen LogP) is 12.0. The minimum atomic E-state index is -0.148. The van der Waals surface area contributed by atoms with Gasteiger partial charge in [-0.2, -0.15) is 17.7 Å². The van der Waals surface area contributed by atoms with Crippen LogP contribution in [0.5, 0.6) is 11.5 Å². The third-order valence-corrected chi connectivity index (χ3v) is 10.3. The minimum Gasteiger partial charge on any atom is -0.510 e. The predicted molar refractivity (Wildman–Crippen MR) is 224 cm³/mol. The molecule has 6 heteroatoms. The van der Waals surface area contributed by atoms with E-state index in [0.717, 1.165) is 50.3 Å². The van der Waals surface area contributed by atoms with Crippen LogP contribution in [-0.2, 0) is 37.3 Å². The Bertz CT molecular complexity index is 2670. The standard InChI is InChI=1S/C50H48N4O.Pt/c1-48(2,3)36-25-26-51-47(29-36)54-44-18-14-13-17-42(44)43-24-23-40(31-45(43)54)55-41-28-37(49(4,5)6)27-39(30-41)52-32-46(50(7,8)9)53(33-52)38-21-19-35(20-22-38)34-15-11-10-12-16-34;/h10-29,32H,1-9H3;/q-2;. The van der Waals surface area contributed by atoms with Gasteiger partial charge in [-0.3, -0.25) is 4.57 Å². The van der Waals surface area contributed by atoms with Crippen LogP contribution < -0.4 is 9.30 Å². The van der Waals surface area contributed by atoms with E-state index < -0.39 is 0 Å². The Morgan fingerprint density at radius 2 is 1.29 bits per heavy atom. The SMILES string of the molecule is CC(C)(C)c1cc(Oc2[c-]c3c(cc2)c2ccccc2n3-c2cc(C(C)(C)C)ccn2)[c-]c(-n2[c-][n+](-c3ccc(-c4ccccc4)cc3)c(C(C)(C)C)c2)c1.[Pt]. The number of imidazole rings is 1. The summed E-state index contributed by atoms with van der Waals surface area (Å²) in [6.45, 7) is 20.1. The maximum atomic E-state index is 6.71. The second kappa shape index (κ2) is 14.7. The zero-order chi connectivity index (χ0) is 38.7. The van der Waals surface area contributed by atoms with Crippen LogP contribution in [0.4, 0.5) is 0 Å². The molecule has 5 nitrogen and oxygen atoms in total. The fourth-order valence-corrected chi connectivity index (χ4v) is 7.10. The van der Waals surface area contributed by atoms with Crippen LogP contribution in [-0.4, -0.2) is 14.1 Å². The number of ether oxygens (including phenoxy) is 1. The quantitative estimate of drug-likeness (QED) is 0.123. The van der Waals surface area contributed by atoms with Crippen molar-refractivity contribution in [1.82, 2.24) is 14.1 Å². The van der Waals surface area contributed by atoms with Crippen LogP contribution in [0.3, 0.4) is 0 Å². The molecule has 286 valence electrons. The van der Waals surface area contributed by atoms with Crippen molar-refractivity contribution < 1.29 is 30.4 Å². The molecule has 0 N–H and O–H groups in total. The molecule has 0 unspecified atom stereocenters. The third kappa shape index (κ3) is 7.62. The van der Waals surface area contributed by atoms with E-state index in [0.29, 0.717) is 11.5 Å². The van der Waals surface area contributed by atoms with E-state index in [1.54, 1.807) is 0 Å². The van der Waals surface area contributed by atoms with E-state index in [4.69, 9.17) is 9.72 Å². The monoisotopic (exact) mass is 915 g/mol. The van der Waals surface area contributed by atoms with Crippen LogP contribution in [0.15, 0.2) is 128 Å². The number of rotatable bonds is 6. The van der Waals surface area contributed by atoms with Gasteiger partial charge in [-0.05, 0) is 74.3 Å². The van der Waals surface area contributed by atoms with Gasteiger partial charge in [-0.15, -0.1) is 29.7 Å². The molecule has 0 aliphatic carbocycles. The maximum absolute atomic E-state index is 6.71. The molecule has 0 bridgehead atoms. The summed E-state index contributed by atoms with van der Waals surface area (Å²) in [5, 5.41) is 2.24. The molecule has 8 aromatic rings. The minimum absolute atomic E-state index is 0. The fraction of sp³-hybridized carbons (Fsp3) is 0.240. The molecular weight excluding hydrogens is 868 g/mol. The van der Waals surface area contributed by atoms with E-state index in [2.05, 4.69) is 199 Å². The van der Waals surface area contributed by atoms with Gasteiger partial charge >= 0.3 is 0 Å². The molecule has 0 saturated carbocycles. The second-order valence-corrected chi connectivity index (χ2v) is 17.5. The number of para-hydroxylation sites is 1. The van der Waals surface area contributed by atoms with Crippen LogP contribution in [0.2, 0.25) is 0 Å². The van der Waals surface area contributed by atoms with Crippen molar-refractivity contribution in [3.05, 3.63) is 163 Å². The maximum Gasteiger partial charge on any atom is 0.267 e. The van der Waals surface area contributed by atoms with E-state index in [1.165, 1.54) is 16.7 Å². The molecular formula is C50H48N4OPt-2. The Morgan fingerprint density at radius 3 is 1.98 bits per heavy atom. The molecule has 0 radical (unpaired) electrons. The molecule has 5 aromatic carbocycles. The molecule has 0 aliphatic rings. The molecule has 56 heavy (non-hydrogen) atoms. The van der Waals surface area contributed by atoms with Gasteiger partial charge in [-0.25, -0.2) is 4.98 Å². The van der Waals surface area contributed by atoms with Crippen molar-refractivity contribution in [2.45, 2.75) is 78.6 Å².